The molecule has 0 N–H and O–H groups in total. The topological polar surface area (TPSA) is 6.48 Å². The predicted octanol–water partition coefficient (Wildman–Crippen LogP) is 4.01. The molecule has 0 aliphatic carbocycles. The quantitative estimate of drug-likeness (QED) is 0.817. The second-order valence-electron chi connectivity index (χ2n) is 5.90. The molecule has 0 spiro atoms. The van der Waals surface area contributed by atoms with Gasteiger partial charge in [0, 0.05) is 37.2 Å². The SMILES string of the molecule is Clc1ccc(CN2CCC(N3CCSCC3)CC2)cc1Cl. The van der Waals surface area contributed by atoms with Gasteiger partial charge >= 0.3 is 0 Å². The Balaban J connectivity index is 1.50. The van der Waals surface area contributed by atoms with Gasteiger partial charge in [-0.3, -0.25) is 9.80 Å². The Kier molecular flexibility index (Phi) is 5.74. The van der Waals surface area contributed by atoms with Crippen LogP contribution in [0.4, 0.5) is 0 Å². The summed E-state index contributed by atoms with van der Waals surface area (Å²) in [6.07, 6.45) is 2.60. The average Bonchev–Trinajstić information content (AvgIpc) is 2.53. The Morgan fingerprint density at radius 1 is 1.00 bits per heavy atom. The second kappa shape index (κ2) is 7.56. The van der Waals surface area contributed by atoms with Crippen molar-refractivity contribution in [2.75, 3.05) is 37.7 Å². The van der Waals surface area contributed by atoms with Crippen molar-refractivity contribution in [2.24, 2.45) is 0 Å². The molecule has 0 atom stereocenters. The summed E-state index contributed by atoms with van der Waals surface area (Å²) < 4.78 is 0. The van der Waals surface area contributed by atoms with Gasteiger partial charge in [-0.1, -0.05) is 29.3 Å². The molecule has 3 rings (SSSR count). The summed E-state index contributed by atoms with van der Waals surface area (Å²) in [6.45, 7) is 5.92. The zero-order chi connectivity index (χ0) is 14.7. The van der Waals surface area contributed by atoms with Crippen LogP contribution >= 0.6 is 35.0 Å². The Hall–Kier alpha value is 0.0700. The molecule has 2 fully saturated rings. The van der Waals surface area contributed by atoms with Crippen molar-refractivity contribution in [1.29, 1.82) is 0 Å². The van der Waals surface area contributed by atoms with E-state index in [0.717, 1.165) is 12.6 Å². The van der Waals surface area contributed by atoms with Crippen LogP contribution in [0.3, 0.4) is 0 Å². The molecule has 2 heterocycles. The zero-order valence-corrected chi connectivity index (χ0v) is 14.6. The molecule has 1 aromatic carbocycles. The summed E-state index contributed by atoms with van der Waals surface area (Å²) in [5, 5.41) is 1.30. The zero-order valence-electron chi connectivity index (χ0n) is 12.2. The molecule has 0 aromatic heterocycles. The van der Waals surface area contributed by atoms with Gasteiger partial charge in [-0.2, -0.15) is 11.8 Å². The van der Waals surface area contributed by atoms with Crippen LogP contribution < -0.4 is 0 Å². The largest absolute Gasteiger partial charge is 0.299 e. The van der Waals surface area contributed by atoms with Crippen LogP contribution in [0.25, 0.3) is 0 Å². The second-order valence-corrected chi connectivity index (χ2v) is 7.94. The molecule has 2 aliphatic rings. The number of rotatable bonds is 3. The van der Waals surface area contributed by atoms with Crippen LogP contribution in [0.5, 0.6) is 0 Å². The first-order valence-electron chi connectivity index (χ1n) is 7.70. The number of hydrogen-bond donors (Lipinski definition) is 0. The minimum absolute atomic E-state index is 0.641. The summed E-state index contributed by atoms with van der Waals surface area (Å²) in [6, 6.07) is 6.79. The molecular weight excluding hydrogens is 323 g/mol. The van der Waals surface area contributed by atoms with Crippen molar-refractivity contribution in [3.8, 4) is 0 Å². The number of piperidine rings is 1. The molecule has 2 nitrogen and oxygen atoms in total. The fraction of sp³-hybridized carbons (Fsp3) is 0.625. The number of hydrogen-bond acceptors (Lipinski definition) is 3. The lowest BCUT2D eigenvalue weighted by molar-refractivity contribution is 0.112. The van der Waals surface area contributed by atoms with E-state index in [9.17, 15) is 0 Å². The van der Waals surface area contributed by atoms with Gasteiger partial charge in [0.2, 0.25) is 0 Å². The van der Waals surface area contributed by atoms with Gasteiger partial charge in [0.1, 0.15) is 0 Å². The first-order valence-corrected chi connectivity index (χ1v) is 9.61. The molecule has 0 radical (unpaired) electrons. The maximum atomic E-state index is 6.10. The summed E-state index contributed by atoms with van der Waals surface area (Å²) in [7, 11) is 0. The average molecular weight is 345 g/mol. The molecule has 21 heavy (non-hydrogen) atoms. The minimum atomic E-state index is 0.641. The fourth-order valence-electron chi connectivity index (χ4n) is 3.28. The van der Waals surface area contributed by atoms with Gasteiger partial charge in [-0.25, -0.2) is 0 Å². The lowest BCUT2D eigenvalue weighted by atomic mass is 10.0. The highest BCUT2D eigenvalue weighted by Gasteiger charge is 2.25. The Bertz CT molecular complexity index is 469. The van der Waals surface area contributed by atoms with Crippen molar-refractivity contribution in [1.82, 2.24) is 9.80 Å². The lowest BCUT2D eigenvalue weighted by Gasteiger charge is -2.40. The normalized spacial score (nSPS) is 22.6. The number of halogens is 2. The monoisotopic (exact) mass is 344 g/mol. The van der Waals surface area contributed by atoms with Gasteiger partial charge in [0.05, 0.1) is 10.0 Å². The van der Waals surface area contributed by atoms with Crippen molar-refractivity contribution in [3.05, 3.63) is 33.8 Å². The third-order valence-corrected chi connectivity index (χ3v) is 6.19. The van der Waals surface area contributed by atoms with E-state index >= 15 is 0 Å². The third-order valence-electron chi connectivity index (χ3n) is 4.51. The highest BCUT2D eigenvalue weighted by Crippen LogP contribution is 2.25. The molecule has 1 aromatic rings. The van der Waals surface area contributed by atoms with E-state index in [4.69, 9.17) is 23.2 Å². The van der Waals surface area contributed by atoms with Gasteiger partial charge in [0.15, 0.2) is 0 Å². The number of thioether (sulfide) groups is 1. The summed E-state index contributed by atoms with van der Waals surface area (Å²) >= 11 is 14.2. The van der Waals surface area contributed by atoms with Crippen molar-refractivity contribution < 1.29 is 0 Å². The van der Waals surface area contributed by atoms with Crippen LogP contribution in [0.1, 0.15) is 18.4 Å². The fourth-order valence-corrected chi connectivity index (χ4v) is 4.53. The third kappa shape index (κ3) is 4.29. The highest BCUT2D eigenvalue weighted by molar-refractivity contribution is 7.99. The highest BCUT2D eigenvalue weighted by atomic mass is 35.5. The summed E-state index contributed by atoms with van der Waals surface area (Å²) in [5.41, 5.74) is 1.26. The molecule has 5 heteroatoms. The maximum Gasteiger partial charge on any atom is 0.0595 e. The van der Waals surface area contributed by atoms with E-state index in [0.29, 0.717) is 10.0 Å². The first kappa shape index (κ1) is 15.9. The van der Waals surface area contributed by atoms with Gasteiger partial charge in [-0.05, 0) is 43.6 Å². The van der Waals surface area contributed by atoms with Crippen LogP contribution in [0, 0.1) is 0 Å². The van der Waals surface area contributed by atoms with Crippen LogP contribution in [-0.4, -0.2) is 53.5 Å². The van der Waals surface area contributed by atoms with E-state index in [-0.39, 0.29) is 0 Å². The Morgan fingerprint density at radius 2 is 1.71 bits per heavy atom. The molecule has 0 amide bonds. The minimum Gasteiger partial charge on any atom is -0.299 e. The van der Waals surface area contributed by atoms with Crippen molar-refractivity contribution >= 4 is 35.0 Å². The molecule has 0 saturated carbocycles. The van der Waals surface area contributed by atoms with Gasteiger partial charge < -0.3 is 0 Å². The van der Waals surface area contributed by atoms with E-state index in [1.165, 1.54) is 56.1 Å². The van der Waals surface area contributed by atoms with E-state index < -0.39 is 0 Å². The van der Waals surface area contributed by atoms with Crippen molar-refractivity contribution in [2.45, 2.75) is 25.4 Å². The number of benzene rings is 1. The van der Waals surface area contributed by atoms with E-state index in [1.807, 2.05) is 12.1 Å². The molecule has 0 bridgehead atoms. The predicted molar refractivity (Wildman–Crippen MR) is 93.7 cm³/mol. The smallest absolute Gasteiger partial charge is 0.0595 e. The number of nitrogens with zero attached hydrogens (tertiary/aromatic N) is 2. The number of likely N-dealkylation sites (tertiary alicyclic amines) is 1. The van der Waals surface area contributed by atoms with E-state index in [2.05, 4.69) is 27.6 Å². The molecule has 2 saturated heterocycles. The maximum absolute atomic E-state index is 6.10. The Morgan fingerprint density at radius 3 is 2.38 bits per heavy atom. The molecule has 116 valence electrons. The first-order chi connectivity index (χ1) is 10.2. The van der Waals surface area contributed by atoms with E-state index in [1.54, 1.807) is 0 Å². The standard InChI is InChI=1S/C16H22Cl2N2S/c17-15-2-1-13(11-16(15)18)12-19-5-3-14(4-6-19)20-7-9-21-10-8-20/h1-2,11,14H,3-10,12H2. The van der Waals surface area contributed by atoms with Crippen LogP contribution in [0.15, 0.2) is 18.2 Å². The van der Waals surface area contributed by atoms with Crippen LogP contribution in [-0.2, 0) is 6.54 Å². The lowest BCUT2D eigenvalue weighted by Crippen LogP contribution is -2.47. The molecular formula is C16H22Cl2N2S. The molecule has 2 aliphatic heterocycles. The molecule has 0 unspecified atom stereocenters. The Labute approximate surface area is 141 Å². The van der Waals surface area contributed by atoms with Gasteiger partial charge in [-0.15, -0.1) is 0 Å². The van der Waals surface area contributed by atoms with Gasteiger partial charge in [0.25, 0.3) is 0 Å². The van der Waals surface area contributed by atoms with Crippen molar-refractivity contribution in [3.63, 3.8) is 0 Å². The summed E-state index contributed by atoms with van der Waals surface area (Å²) in [4.78, 5) is 5.24. The van der Waals surface area contributed by atoms with Crippen LogP contribution in [0.2, 0.25) is 10.0 Å². The summed E-state index contributed by atoms with van der Waals surface area (Å²) in [5.74, 6) is 2.62.